The molecular formula is C30H36N4O4. The van der Waals surface area contributed by atoms with Crippen LogP contribution in [0.3, 0.4) is 0 Å². The van der Waals surface area contributed by atoms with E-state index in [0.717, 1.165) is 51.3 Å². The number of piperidine rings is 1. The smallest absolute Gasteiger partial charge is 0.263 e. The first-order chi connectivity index (χ1) is 18.6. The molecule has 2 saturated heterocycles. The molecule has 38 heavy (non-hydrogen) atoms. The number of carbonyl (C=O) groups is 3. The van der Waals surface area contributed by atoms with Gasteiger partial charge in [0, 0.05) is 58.8 Å². The molecule has 0 N–H and O–H groups in total. The van der Waals surface area contributed by atoms with E-state index in [9.17, 15) is 14.4 Å². The summed E-state index contributed by atoms with van der Waals surface area (Å²) in [5, 5.41) is 0. The molecule has 0 atom stereocenters. The average Bonchev–Trinajstić information content (AvgIpc) is 3.21. The van der Waals surface area contributed by atoms with Gasteiger partial charge < -0.3 is 14.5 Å². The van der Waals surface area contributed by atoms with Gasteiger partial charge in [0.25, 0.3) is 11.8 Å². The molecule has 3 aliphatic heterocycles. The van der Waals surface area contributed by atoms with Crippen molar-refractivity contribution in [2.24, 2.45) is 5.92 Å². The fourth-order valence-corrected chi connectivity index (χ4v) is 5.64. The van der Waals surface area contributed by atoms with Gasteiger partial charge in [-0.3, -0.25) is 24.2 Å². The lowest BCUT2D eigenvalue weighted by atomic mass is 9.93. The Labute approximate surface area is 224 Å². The number of anilines is 1. The number of amides is 3. The highest BCUT2D eigenvalue weighted by Crippen LogP contribution is 2.34. The number of imide groups is 1. The molecule has 0 unspecified atom stereocenters. The van der Waals surface area contributed by atoms with Crippen molar-refractivity contribution in [3.8, 4) is 0 Å². The number of fused-ring (bicyclic) bond motifs is 1. The zero-order valence-electron chi connectivity index (χ0n) is 22.1. The van der Waals surface area contributed by atoms with Gasteiger partial charge in [0.15, 0.2) is 0 Å². The Bertz CT molecular complexity index is 1180. The van der Waals surface area contributed by atoms with Crippen molar-refractivity contribution in [1.29, 1.82) is 0 Å². The molecule has 5 rings (SSSR count). The predicted octanol–water partition coefficient (Wildman–Crippen LogP) is 3.00. The highest BCUT2D eigenvalue weighted by molar-refractivity contribution is 6.23. The SMILES string of the molecule is COCCN1C(=O)c2cccc(N3CCC(C(=O)N4CCN(C/C=C/c5ccccc5)CC4)CC3)c2C1=O. The Morgan fingerprint density at radius 1 is 0.921 bits per heavy atom. The van der Waals surface area contributed by atoms with Crippen LogP contribution in [0, 0.1) is 5.92 Å². The third-order valence-electron chi connectivity index (χ3n) is 7.84. The zero-order chi connectivity index (χ0) is 26.5. The summed E-state index contributed by atoms with van der Waals surface area (Å²) in [5.74, 6) is -0.265. The number of piperazine rings is 1. The molecule has 2 aromatic carbocycles. The van der Waals surface area contributed by atoms with Crippen LogP contribution in [0.1, 0.15) is 39.1 Å². The summed E-state index contributed by atoms with van der Waals surface area (Å²) in [6, 6.07) is 15.8. The zero-order valence-corrected chi connectivity index (χ0v) is 22.1. The minimum absolute atomic E-state index is 0.00284. The van der Waals surface area contributed by atoms with Crippen LogP contribution in [0.2, 0.25) is 0 Å². The second-order valence-electron chi connectivity index (χ2n) is 10.2. The average molecular weight is 517 g/mol. The van der Waals surface area contributed by atoms with Crippen LogP contribution >= 0.6 is 0 Å². The van der Waals surface area contributed by atoms with Crippen molar-refractivity contribution < 1.29 is 19.1 Å². The molecule has 2 aromatic rings. The van der Waals surface area contributed by atoms with Crippen LogP contribution in [-0.4, -0.2) is 98.5 Å². The number of methoxy groups -OCH3 is 1. The van der Waals surface area contributed by atoms with Crippen LogP contribution in [0.4, 0.5) is 5.69 Å². The fraction of sp³-hybridized carbons (Fsp3) is 0.433. The third-order valence-corrected chi connectivity index (χ3v) is 7.84. The molecule has 8 heteroatoms. The monoisotopic (exact) mass is 516 g/mol. The van der Waals surface area contributed by atoms with E-state index in [1.54, 1.807) is 13.2 Å². The van der Waals surface area contributed by atoms with E-state index in [2.05, 4.69) is 34.1 Å². The topological polar surface area (TPSA) is 73.4 Å². The van der Waals surface area contributed by atoms with Crippen LogP contribution in [0.15, 0.2) is 54.6 Å². The summed E-state index contributed by atoms with van der Waals surface area (Å²) in [4.78, 5) is 47.0. The van der Waals surface area contributed by atoms with Crippen LogP contribution in [0.25, 0.3) is 6.08 Å². The number of hydrogen-bond donors (Lipinski definition) is 0. The van der Waals surface area contributed by atoms with Crippen LogP contribution in [-0.2, 0) is 9.53 Å². The van der Waals surface area contributed by atoms with Gasteiger partial charge in [-0.25, -0.2) is 0 Å². The Morgan fingerprint density at radius 3 is 2.37 bits per heavy atom. The Morgan fingerprint density at radius 2 is 1.66 bits per heavy atom. The number of carbonyl (C=O) groups excluding carboxylic acids is 3. The number of nitrogens with zero attached hydrogens (tertiary/aromatic N) is 4. The standard InChI is InChI=1S/C30H36N4O4/c1-38-22-21-34-29(36)25-10-5-11-26(27(25)30(34)37)32-15-12-24(13-16-32)28(35)33-19-17-31(18-20-33)14-6-9-23-7-3-2-4-8-23/h2-11,24H,12-22H2,1H3/b9-6+. The molecule has 0 aliphatic carbocycles. The first kappa shape index (κ1) is 26.1. The molecular weight excluding hydrogens is 480 g/mol. The maximum atomic E-state index is 13.3. The predicted molar refractivity (Wildman–Crippen MR) is 147 cm³/mol. The van der Waals surface area contributed by atoms with Crippen molar-refractivity contribution >= 4 is 29.5 Å². The molecule has 0 aromatic heterocycles. The van der Waals surface area contributed by atoms with E-state index in [-0.39, 0.29) is 30.2 Å². The van der Waals surface area contributed by atoms with Crippen molar-refractivity contribution in [1.82, 2.24) is 14.7 Å². The summed E-state index contributed by atoms with van der Waals surface area (Å²) in [6.07, 6.45) is 5.84. The van der Waals surface area contributed by atoms with Gasteiger partial charge >= 0.3 is 0 Å². The Hall–Kier alpha value is -3.49. The van der Waals surface area contributed by atoms with Gasteiger partial charge in [-0.2, -0.15) is 0 Å². The highest BCUT2D eigenvalue weighted by Gasteiger charge is 2.39. The molecule has 0 radical (unpaired) electrons. The number of rotatable bonds is 8. The number of benzene rings is 2. The van der Waals surface area contributed by atoms with E-state index in [0.29, 0.717) is 30.8 Å². The molecule has 2 fully saturated rings. The fourth-order valence-electron chi connectivity index (χ4n) is 5.64. The summed E-state index contributed by atoms with van der Waals surface area (Å²) in [5.41, 5.74) is 2.94. The van der Waals surface area contributed by atoms with Gasteiger partial charge in [-0.05, 0) is 30.5 Å². The summed E-state index contributed by atoms with van der Waals surface area (Å²) >= 11 is 0. The van der Waals surface area contributed by atoms with Gasteiger partial charge in [-0.1, -0.05) is 48.6 Å². The van der Waals surface area contributed by atoms with Crippen molar-refractivity contribution in [3.63, 3.8) is 0 Å². The maximum absolute atomic E-state index is 13.3. The number of hydrogen-bond acceptors (Lipinski definition) is 6. The van der Waals surface area contributed by atoms with Crippen molar-refractivity contribution in [2.75, 3.05) is 71.0 Å². The highest BCUT2D eigenvalue weighted by atomic mass is 16.5. The first-order valence-electron chi connectivity index (χ1n) is 13.5. The van der Waals surface area contributed by atoms with Gasteiger partial charge in [0.1, 0.15) is 0 Å². The van der Waals surface area contributed by atoms with E-state index in [1.807, 2.05) is 35.2 Å². The summed E-state index contributed by atoms with van der Waals surface area (Å²) < 4.78 is 5.07. The Kier molecular flexibility index (Phi) is 8.20. The normalized spacial score (nSPS) is 19.0. The minimum Gasteiger partial charge on any atom is -0.383 e. The minimum atomic E-state index is -0.260. The maximum Gasteiger partial charge on any atom is 0.263 e. The molecule has 0 saturated carbocycles. The second-order valence-corrected chi connectivity index (χ2v) is 10.2. The lowest BCUT2D eigenvalue weighted by molar-refractivity contribution is -0.137. The van der Waals surface area contributed by atoms with Gasteiger partial charge in [0.2, 0.25) is 5.91 Å². The lowest BCUT2D eigenvalue weighted by Crippen LogP contribution is -2.51. The van der Waals surface area contributed by atoms with Crippen LogP contribution < -0.4 is 4.90 Å². The molecule has 3 aliphatic rings. The van der Waals surface area contributed by atoms with Gasteiger partial charge in [-0.15, -0.1) is 0 Å². The molecule has 8 nitrogen and oxygen atoms in total. The van der Waals surface area contributed by atoms with E-state index >= 15 is 0 Å². The van der Waals surface area contributed by atoms with Crippen LogP contribution in [0.5, 0.6) is 0 Å². The molecule has 3 heterocycles. The molecule has 0 spiro atoms. The Balaban J connectivity index is 1.12. The number of ether oxygens (including phenoxy) is 1. The lowest BCUT2D eigenvalue weighted by Gasteiger charge is -2.39. The summed E-state index contributed by atoms with van der Waals surface area (Å²) in [6.45, 7) is 6.12. The van der Waals surface area contributed by atoms with Crippen molar-refractivity contribution in [3.05, 3.63) is 71.3 Å². The van der Waals surface area contributed by atoms with E-state index in [1.165, 1.54) is 10.5 Å². The van der Waals surface area contributed by atoms with E-state index in [4.69, 9.17) is 4.74 Å². The molecule has 0 bridgehead atoms. The first-order valence-corrected chi connectivity index (χ1v) is 13.5. The van der Waals surface area contributed by atoms with E-state index < -0.39 is 0 Å². The third kappa shape index (κ3) is 5.51. The summed E-state index contributed by atoms with van der Waals surface area (Å²) in [7, 11) is 1.56. The second kappa shape index (κ2) is 11.9. The van der Waals surface area contributed by atoms with Crippen molar-refractivity contribution in [2.45, 2.75) is 12.8 Å². The molecule has 3 amide bonds. The largest absolute Gasteiger partial charge is 0.383 e. The van der Waals surface area contributed by atoms with Gasteiger partial charge in [0.05, 0.1) is 30.0 Å². The molecule has 200 valence electrons. The quantitative estimate of drug-likeness (QED) is 0.503.